The second-order valence-corrected chi connectivity index (χ2v) is 7.87. The summed E-state index contributed by atoms with van der Waals surface area (Å²) in [5, 5.41) is 2.80. The summed E-state index contributed by atoms with van der Waals surface area (Å²) in [6.07, 6.45) is 1.88. The minimum Gasteiger partial charge on any atom is -0.491 e. The van der Waals surface area contributed by atoms with Crippen LogP contribution in [-0.2, 0) is 23.9 Å². The molecule has 0 bridgehead atoms. The fourth-order valence-electron chi connectivity index (χ4n) is 3.04. The van der Waals surface area contributed by atoms with E-state index in [1.54, 1.807) is 13.8 Å². The standard InChI is InChI=1S/C24H38N2O6/c1-6-30-23(28)10-8-14-26(15-9-11-24(29)31-7-2)20-12-13-21(25-19(5)27)22(16-20)32-17-18(3)4/h12-13,16,18H,6-11,14-15,17H2,1-5H3,(H,25,27). The number of carbonyl (C=O) groups excluding carboxylic acids is 3. The number of hydrogen-bond donors (Lipinski definition) is 1. The van der Waals surface area contributed by atoms with E-state index in [9.17, 15) is 14.4 Å². The molecule has 0 spiro atoms. The molecule has 0 radical (unpaired) electrons. The third-order valence-electron chi connectivity index (χ3n) is 4.44. The van der Waals surface area contributed by atoms with Gasteiger partial charge in [0.1, 0.15) is 5.75 Å². The molecule has 180 valence electrons. The third kappa shape index (κ3) is 11.0. The number of nitrogens with one attached hydrogen (secondary N) is 1. The molecule has 8 nitrogen and oxygen atoms in total. The van der Waals surface area contributed by atoms with Crippen LogP contribution in [0.2, 0.25) is 0 Å². The van der Waals surface area contributed by atoms with Crippen LogP contribution in [0.1, 0.15) is 60.3 Å². The molecular formula is C24H38N2O6. The van der Waals surface area contributed by atoms with Crippen molar-refractivity contribution in [1.82, 2.24) is 0 Å². The molecule has 8 heteroatoms. The SMILES string of the molecule is CCOC(=O)CCCN(CCCC(=O)OCC)c1ccc(NC(C)=O)c(OCC(C)C)c1. The van der Waals surface area contributed by atoms with Gasteiger partial charge in [0.2, 0.25) is 5.91 Å². The van der Waals surface area contributed by atoms with Crippen LogP contribution in [0.3, 0.4) is 0 Å². The van der Waals surface area contributed by atoms with Gasteiger partial charge >= 0.3 is 11.9 Å². The second kappa shape index (κ2) is 15.1. The maximum atomic E-state index is 11.7. The molecule has 1 aromatic carbocycles. The summed E-state index contributed by atoms with van der Waals surface area (Å²) in [6, 6.07) is 5.61. The molecule has 0 saturated heterocycles. The highest BCUT2D eigenvalue weighted by molar-refractivity contribution is 5.90. The largest absolute Gasteiger partial charge is 0.491 e. The molecule has 32 heavy (non-hydrogen) atoms. The summed E-state index contributed by atoms with van der Waals surface area (Å²) in [6.45, 7) is 11.6. The number of rotatable bonds is 15. The summed E-state index contributed by atoms with van der Waals surface area (Å²) >= 11 is 0. The molecule has 0 unspecified atom stereocenters. The smallest absolute Gasteiger partial charge is 0.305 e. The van der Waals surface area contributed by atoms with E-state index < -0.39 is 0 Å². The molecule has 1 N–H and O–H groups in total. The molecule has 0 aliphatic rings. The van der Waals surface area contributed by atoms with E-state index in [2.05, 4.69) is 24.1 Å². The van der Waals surface area contributed by atoms with Crippen molar-refractivity contribution in [3.05, 3.63) is 18.2 Å². The van der Waals surface area contributed by atoms with Crippen molar-refractivity contribution in [2.75, 3.05) is 43.1 Å². The summed E-state index contributed by atoms with van der Waals surface area (Å²) in [7, 11) is 0. The second-order valence-electron chi connectivity index (χ2n) is 7.87. The van der Waals surface area contributed by atoms with E-state index in [4.69, 9.17) is 14.2 Å². The Morgan fingerprint density at radius 1 is 0.969 bits per heavy atom. The van der Waals surface area contributed by atoms with Crippen LogP contribution in [0.15, 0.2) is 18.2 Å². The van der Waals surface area contributed by atoms with Crippen molar-refractivity contribution in [1.29, 1.82) is 0 Å². The number of hydrogen-bond acceptors (Lipinski definition) is 7. The van der Waals surface area contributed by atoms with Crippen molar-refractivity contribution in [2.24, 2.45) is 5.92 Å². The lowest BCUT2D eigenvalue weighted by Gasteiger charge is -2.26. The molecule has 1 aromatic rings. The van der Waals surface area contributed by atoms with Crippen molar-refractivity contribution < 1.29 is 28.6 Å². The predicted molar refractivity (Wildman–Crippen MR) is 125 cm³/mol. The van der Waals surface area contributed by atoms with Crippen LogP contribution in [0, 0.1) is 5.92 Å². The van der Waals surface area contributed by atoms with Crippen LogP contribution in [0.5, 0.6) is 5.75 Å². The molecule has 0 fully saturated rings. The van der Waals surface area contributed by atoms with E-state index in [0.717, 1.165) is 5.69 Å². The van der Waals surface area contributed by atoms with Crippen LogP contribution < -0.4 is 15.0 Å². The van der Waals surface area contributed by atoms with Gasteiger partial charge in [-0.15, -0.1) is 0 Å². The minimum atomic E-state index is -0.221. The molecular weight excluding hydrogens is 412 g/mol. The Labute approximate surface area is 191 Å². The summed E-state index contributed by atoms with van der Waals surface area (Å²) < 4.78 is 16.0. The van der Waals surface area contributed by atoms with Crippen molar-refractivity contribution in [3.63, 3.8) is 0 Å². The van der Waals surface area contributed by atoms with Gasteiger partial charge in [0, 0.05) is 44.6 Å². The van der Waals surface area contributed by atoms with E-state index >= 15 is 0 Å². The zero-order valence-corrected chi connectivity index (χ0v) is 20.1. The molecule has 1 rings (SSSR count). The first kappa shape index (κ1) is 27.3. The Morgan fingerprint density at radius 2 is 1.53 bits per heavy atom. The molecule has 0 heterocycles. The van der Waals surface area contributed by atoms with Crippen LogP contribution >= 0.6 is 0 Å². The first-order valence-corrected chi connectivity index (χ1v) is 11.4. The number of nitrogens with zero attached hydrogens (tertiary/aromatic N) is 1. The number of anilines is 2. The first-order chi connectivity index (χ1) is 15.3. The molecule has 0 atom stereocenters. The van der Waals surface area contributed by atoms with Gasteiger partial charge in [0.05, 0.1) is 25.5 Å². The quantitative estimate of drug-likeness (QED) is 0.401. The highest BCUT2D eigenvalue weighted by atomic mass is 16.5. The van der Waals surface area contributed by atoms with Gasteiger partial charge in [-0.1, -0.05) is 13.8 Å². The van der Waals surface area contributed by atoms with Crippen molar-refractivity contribution >= 4 is 29.2 Å². The maximum absolute atomic E-state index is 11.7. The number of carbonyl (C=O) groups is 3. The average molecular weight is 451 g/mol. The monoisotopic (exact) mass is 450 g/mol. The summed E-state index contributed by atoms with van der Waals surface area (Å²) in [5.74, 6) is 0.302. The van der Waals surface area contributed by atoms with E-state index in [-0.39, 0.29) is 17.8 Å². The van der Waals surface area contributed by atoms with Crippen LogP contribution in [-0.4, -0.2) is 50.8 Å². The minimum absolute atomic E-state index is 0.173. The number of amides is 1. The Balaban J connectivity index is 2.99. The van der Waals surface area contributed by atoms with Gasteiger partial charge in [-0.25, -0.2) is 0 Å². The van der Waals surface area contributed by atoms with Gasteiger partial charge in [-0.3, -0.25) is 14.4 Å². The first-order valence-electron chi connectivity index (χ1n) is 11.4. The van der Waals surface area contributed by atoms with Crippen molar-refractivity contribution in [3.8, 4) is 5.75 Å². The van der Waals surface area contributed by atoms with E-state index in [1.165, 1.54) is 6.92 Å². The summed E-state index contributed by atoms with van der Waals surface area (Å²) in [4.78, 5) is 37.1. The van der Waals surface area contributed by atoms with Crippen LogP contribution in [0.4, 0.5) is 11.4 Å². The van der Waals surface area contributed by atoms with Gasteiger partial charge < -0.3 is 24.4 Å². The molecule has 0 saturated carbocycles. The molecule has 0 aliphatic heterocycles. The van der Waals surface area contributed by atoms with E-state index in [1.807, 2.05) is 18.2 Å². The Morgan fingerprint density at radius 3 is 2.00 bits per heavy atom. The molecule has 0 aliphatic carbocycles. The van der Waals surface area contributed by atoms with Crippen molar-refractivity contribution in [2.45, 2.75) is 60.3 Å². The Kier molecular flexibility index (Phi) is 12.9. The van der Waals surface area contributed by atoms with Gasteiger partial charge in [-0.05, 0) is 44.7 Å². The number of esters is 2. The zero-order valence-electron chi connectivity index (χ0n) is 20.1. The number of benzene rings is 1. The normalized spacial score (nSPS) is 10.6. The Hall–Kier alpha value is -2.77. The molecule has 0 aromatic heterocycles. The van der Waals surface area contributed by atoms with Gasteiger partial charge in [0.25, 0.3) is 0 Å². The highest BCUT2D eigenvalue weighted by Crippen LogP contribution is 2.31. The summed E-state index contributed by atoms with van der Waals surface area (Å²) in [5.41, 5.74) is 1.51. The van der Waals surface area contributed by atoms with Crippen LogP contribution in [0.25, 0.3) is 0 Å². The van der Waals surface area contributed by atoms with Gasteiger partial charge in [0.15, 0.2) is 0 Å². The fraction of sp³-hybridized carbons (Fsp3) is 0.625. The lowest BCUT2D eigenvalue weighted by atomic mass is 10.2. The average Bonchev–Trinajstić information content (AvgIpc) is 2.72. The fourth-order valence-corrected chi connectivity index (χ4v) is 3.04. The third-order valence-corrected chi connectivity index (χ3v) is 4.44. The lowest BCUT2D eigenvalue weighted by Crippen LogP contribution is -2.27. The topological polar surface area (TPSA) is 94.2 Å². The Bertz CT molecular complexity index is 711. The highest BCUT2D eigenvalue weighted by Gasteiger charge is 2.14. The maximum Gasteiger partial charge on any atom is 0.305 e. The van der Waals surface area contributed by atoms with E-state index in [0.29, 0.717) is 75.9 Å². The number of ether oxygens (including phenoxy) is 3. The molecule has 1 amide bonds. The predicted octanol–water partition coefficient (Wildman–Crippen LogP) is 4.17. The lowest BCUT2D eigenvalue weighted by molar-refractivity contribution is -0.144. The van der Waals surface area contributed by atoms with Gasteiger partial charge in [-0.2, -0.15) is 0 Å². The zero-order chi connectivity index (χ0) is 23.9.